The Labute approximate surface area is 135 Å². The van der Waals surface area contributed by atoms with Gasteiger partial charge in [-0.15, -0.1) is 0 Å². The molecule has 1 aromatic rings. The van der Waals surface area contributed by atoms with Gasteiger partial charge in [-0.3, -0.25) is 0 Å². The highest BCUT2D eigenvalue weighted by atomic mass is 79.9. The standard InChI is InChI=1S/C15H23BrClN3/c1-3-20(4-2)10-9-12-18-14(11-7-5-6-8-11)13(16)15(17)19-12/h11H,3-10H2,1-2H3. The van der Waals surface area contributed by atoms with Gasteiger partial charge in [0.1, 0.15) is 11.0 Å². The Hall–Kier alpha value is -0.190. The van der Waals surface area contributed by atoms with E-state index in [-0.39, 0.29) is 0 Å². The van der Waals surface area contributed by atoms with E-state index in [4.69, 9.17) is 16.6 Å². The smallest absolute Gasteiger partial charge is 0.147 e. The van der Waals surface area contributed by atoms with Gasteiger partial charge >= 0.3 is 0 Å². The minimum absolute atomic E-state index is 0.553. The van der Waals surface area contributed by atoms with Crippen molar-refractivity contribution in [3.05, 3.63) is 21.1 Å². The van der Waals surface area contributed by atoms with Crippen LogP contribution in [0.25, 0.3) is 0 Å². The zero-order valence-corrected chi connectivity index (χ0v) is 14.7. The summed E-state index contributed by atoms with van der Waals surface area (Å²) >= 11 is 9.83. The van der Waals surface area contributed by atoms with Crippen molar-refractivity contribution in [2.75, 3.05) is 19.6 Å². The third kappa shape index (κ3) is 3.92. The van der Waals surface area contributed by atoms with Gasteiger partial charge in [0.25, 0.3) is 0 Å². The van der Waals surface area contributed by atoms with E-state index in [2.05, 4.69) is 39.7 Å². The van der Waals surface area contributed by atoms with Crippen molar-refractivity contribution in [1.29, 1.82) is 0 Å². The summed E-state index contributed by atoms with van der Waals surface area (Å²) in [5.74, 6) is 1.43. The lowest BCUT2D eigenvalue weighted by molar-refractivity contribution is 0.305. The van der Waals surface area contributed by atoms with Gasteiger partial charge in [0.2, 0.25) is 0 Å². The summed E-state index contributed by atoms with van der Waals surface area (Å²) in [6, 6.07) is 0. The molecule has 1 fully saturated rings. The Balaban J connectivity index is 2.13. The van der Waals surface area contributed by atoms with Gasteiger partial charge in [-0.05, 0) is 41.9 Å². The van der Waals surface area contributed by atoms with Crippen LogP contribution in [-0.2, 0) is 6.42 Å². The number of rotatable bonds is 6. The Bertz CT molecular complexity index is 443. The summed E-state index contributed by atoms with van der Waals surface area (Å²) in [6.07, 6.45) is 5.91. The van der Waals surface area contributed by atoms with Gasteiger partial charge in [0, 0.05) is 18.9 Å². The monoisotopic (exact) mass is 359 g/mol. The predicted octanol–water partition coefficient (Wildman–Crippen LogP) is 4.43. The quantitative estimate of drug-likeness (QED) is 0.703. The molecule has 1 aliphatic rings. The molecular weight excluding hydrogens is 338 g/mol. The van der Waals surface area contributed by atoms with E-state index in [1.54, 1.807) is 0 Å². The second-order valence-electron chi connectivity index (χ2n) is 5.39. The molecule has 0 N–H and O–H groups in total. The minimum atomic E-state index is 0.553. The zero-order chi connectivity index (χ0) is 14.5. The van der Waals surface area contributed by atoms with E-state index < -0.39 is 0 Å². The first kappa shape index (κ1) is 16.2. The Morgan fingerprint density at radius 1 is 1.20 bits per heavy atom. The second kappa shape index (κ2) is 7.71. The fourth-order valence-electron chi connectivity index (χ4n) is 2.86. The molecule has 2 rings (SSSR count). The van der Waals surface area contributed by atoms with Crippen LogP contribution >= 0.6 is 27.5 Å². The summed E-state index contributed by atoms with van der Waals surface area (Å²) in [6.45, 7) is 7.49. The summed E-state index contributed by atoms with van der Waals surface area (Å²) in [5, 5.41) is 0.566. The average molecular weight is 361 g/mol. The fourth-order valence-corrected chi connectivity index (χ4v) is 3.56. The van der Waals surface area contributed by atoms with Gasteiger partial charge in [0.05, 0.1) is 10.2 Å². The van der Waals surface area contributed by atoms with E-state index in [1.165, 1.54) is 25.7 Å². The molecule has 20 heavy (non-hydrogen) atoms. The van der Waals surface area contributed by atoms with Crippen molar-refractivity contribution in [1.82, 2.24) is 14.9 Å². The van der Waals surface area contributed by atoms with Gasteiger partial charge in [0.15, 0.2) is 0 Å². The van der Waals surface area contributed by atoms with Crippen LogP contribution in [0, 0.1) is 0 Å². The summed E-state index contributed by atoms with van der Waals surface area (Å²) in [7, 11) is 0. The van der Waals surface area contributed by atoms with Gasteiger partial charge in [-0.1, -0.05) is 38.3 Å². The van der Waals surface area contributed by atoms with E-state index in [0.29, 0.717) is 11.1 Å². The molecule has 1 saturated carbocycles. The van der Waals surface area contributed by atoms with Crippen molar-refractivity contribution >= 4 is 27.5 Å². The third-order valence-corrected chi connectivity index (χ3v) is 5.45. The summed E-state index contributed by atoms with van der Waals surface area (Å²) < 4.78 is 0.901. The molecule has 0 atom stereocenters. The maximum atomic E-state index is 6.27. The maximum absolute atomic E-state index is 6.27. The fraction of sp³-hybridized carbons (Fsp3) is 0.733. The van der Waals surface area contributed by atoms with E-state index in [9.17, 15) is 0 Å². The lowest BCUT2D eigenvalue weighted by Gasteiger charge is -2.18. The Morgan fingerprint density at radius 2 is 1.85 bits per heavy atom. The molecule has 1 heterocycles. The highest BCUT2D eigenvalue weighted by molar-refractivity contribution is 9.10. The molecular formula is C15H23BrClN3. The molecule has 112 valence electrons. The molecule has 0 amide bonds. The van der Waals surface area contributed by atoms with Crippen molar-refractivity contribution in [3.8, 4) is 0 Å². The largest absolute Gasteiger partial charge is 0.303 e. The third-order valence-electron chi connectivity index (χ3n) is 4.17. The summed E-state index contributed by atoms with van der Waals surface area (Å²) in [4.78, 5) is 11.6. The maximum Gasteiger partial charge on any atom is 0.147 e. The highest BCUT2D eigenvalue weighted by Crippen LogP contribution is 2.38. The zero-order valence-electron chi connectivity index (χ0n) is 12.3. The van der Waals surface area contributed by atoms with Crippen molar-refractivity contribution < 1.29 is 0 Å². The predicted molar refractivity (Wildman–Crippen MR) is 87.4 cm³/mol. The first-order valence-electron chi connectivity index (χ1n) is 7.59. The van der Waals surface area contributed by atoms with E-state index in [0.717, 1.165) is 42.0 Å². The van der Waals surface area contributed by atoms with Gasteiger partial charge in [-0.2, -0.15) is 0 Å². The molecule has 0 aliphatic heterocycles. The number of hydrogen-bond donors (Lipinski definition) is 0. The molecule has 0 saturated heterocycles. The van der Waals surface area contributed by atoms with Crippen LogP contribution in [0.1, 0.15) is 57.0 Å². The SMILES string of the molecule is CCN(CC)CCc1nc(Cl)c(Br)c(C2CCCC2)n1. The molecule has 0 radical (unpaired) electrons. The lowest BCUT2D eigenvalue weighted by atomic mass is 10.0. The van der Waals surface area contributed by atoms with Crippen LogP contribution < -0.4 is 0 Å². The van der Waals surface area contributed by atoms with Crippen molar-refractivity contribution in [3.63, 3.8) is 0 Å². The summed E-state index contributed by atoms with van der Waals surface area (Å²) in [5.41, 5.74) is 1.12. The van der Waals surface area contributed by atoms with Crippen LogP contribution in [-0.4, -0.2) is 34.5 Å². The highest BCUT2D eigenvalue weighted by Gasteiger charge is 2.23. The van der Waals surface area contributed by atoms with Crippen LogP contribution in [0.15, 0.2) is 4.47 Å². The molecule has 3 nitrogen and oxygen atoms in total. The molecule has 1 aliphatic carbocycles. The topological polar surface area (TPSA) is 29.0 Å². The van der Waals surface area contributed by atoms with Crippen LogP contribution in [0.2, 0.25) is 5.15 Å². The second-order valence-corrected chi connectivity index (χ2v) is 6.54. The van der Waals surface area contributed by atoms with Crippen LogP contribution in [0.3, 0.4) is 0 Å². The van der Waals surface area contributed by atoms with Crippen molar-refractivity contribution in [2.45, 2.75) is 51.9 Å². The minimum Gasteiger partial charge on any atom is -0.303 e. The number of nitrogens with zero attached hydrogens (tertiary/aromatic N) is 3. The number of likely N-dealkylation sites (N-methyl/N-ethyl adjacent to an activating group) is 1. The lowest BCUT2D eigenvalue weighted by Crippen LogP contribution is -2.26. The van der Waals surface area contributed by atoms with Crippen LogP contribution in [0.4, 0.5) is 0 Å². The molecule has 0 bridgehead atoms. The van der Waals surface area contributed by atoms with Crippen molar-refractivity contribution in [2.24, 2.45) is 0 Å². The normalized spacial score (nSPS) is 16.2. The Morgan fingerprint density at radius 3 is 2.45 bits per heavy atom. The molecule has 0 unspecified atom stereocenters. The molecule has 5 heteroatoms. The number of aromatic nitrogens is 2. The Kier molecular flexibility index (Phi) is 6.24. The first-order chi connectivity index (χ1) is 9.65. The average Bonchev–Trinajstić information content (AvgIpc) is 2.97. The molecule has 0 spiro atoms. The van der Waals surface area contributed by atoms with Gasteiger partial charge in [-0.25, -0.2) is 9.97 Å². The first-order valence-corrected chi connectivity index (χ1v) is 8.76. The number of halogens is 2. The molecule has 0 aromatic carbocycles. The number of hydrogen-bond acceptors (Lipinski definition) is 3. The van der Waals surface area contributed by atoms with Crippen LogP contribution in [0.5, 0.6) is 0 Å². The van der Waals surface area contributed by atoms with Gasteiger partial charge < -0.3 is 4.90 Å². The van der Waals surface area contributed by atoms with E-state index in [1.807, 2.05) is 0 Å². The molecule has 1 aromatic heterocycles. The van der Waals surface area contributed by atoms with E-state index >= 15 is 0 Å².